The smallest absolute Gasteiger partial charge is 0.136 e. The van der Waals surface area contributed by atoms with E-state index in [-0.39, 0.29) is 0 Å². The predicted molar refractivity (Wildman–Crippen MR) is 42.1 cm³/mol. The van der Waals surface area contributed by atoms with Crippen molar-refractivity contribution in [3.8, 4) is 0 Å². The second-order valence-electron chi connectivity index (χ2n) is 5.12. The van der Waals surface area contributed by atoms with Crippen LogP contribution in [0.25, 0.3) is 0 Å². The monoisotopic (exact) mass is 150 g/mol. The van der Waals surface area contributed by atoms with Crippen molar-refractivity contribution in [2.75, 3.05) is 0 Å². The Morgan fingerprint density at radius 3 is 2.73 bits per heavy atom. The Kier molecular flexibility index (Phi) is 0.875. The van der Waals surface area contributed by atoms with E-state index in [1.54, 1.807) is 0 Å². The maximum Gasteiger partial charge on any atom is 0.136 e. The van der Waals surface area contributed by atoms with Crippen molar-refractivity contribution in [2.45, 2.75) is 32.6 Å². The molecule has 3 saturated carbocycles. The summed E-state index contributed by atoms with van der Waals surface area (Å²) >= 11 is 0. The SMILES string of the molecule is CC12CC3CC(=O)C(C1)C3C2. The fourth-order valence-electron chi connectivity index (χ4n) is 3.91. The van der Waals surface area contributed by atoms with Gasteiger partial charge in [-0.2, -0.15) is 0 Å². The molecule has 0 aromatic carbocycles. The number of ketones is 1. The van der Waals surface area contributed by atoms with E-state index in [1.165, 1.54) is 19.3 Å². The van der Waals surface area contributed by atoms with Gasteiger partial charge in [-0.25, -0.2) is 0 Å². The van der Waals surface area contributed by atoms with Gasteiger partial charge < -0.3 is 0 Å². The highest BCUT2D eigenvalue weighted by atomic mass is 16.1. The van der Waals surface area contributed by atoms with Gasteiger partial charge in [-0.15, -0.1) is 0 Å². The van der Waals surface area contributed by atoms with Crippen molar-refractivity contribution in [3.05, 3.63) is 0 Å². The quantitative estimate of drug-likeness (QED) is 0.516. The number of rotatable bonds is 0. The van der Waals surface area contributed by atoms with Crippen LogP contribution in [0.5, 0.6) is 0 Å². The van der Waals surface area contributed by atoms with Crippen molar-refractivity contribution in [1.29, 1.82) is 0 Å². The Bertz CT molecular complexity index is 229. The van der Waals surface area contributed by atoms with E-state index in [9.17, 15) is 4.79 Å². The summed E-state index contributed by atoms with van der Waals surface area (Å²) in [7, 11) is 0. The predicted octanol–water partition coefficient (Wildman–Crippen LogP) is 2.01. The van der Waals surface area contributed by atoms with Crippen molar-refractivity contribution in [3.63, 3.8) is 0 Å². The minimum atomic E-state index is 0.499. The fraction of sp³-hybridized carbons (Fsp3) is 0.900. The van der Waals surface area contributed by atoms with E-state index in [2.05, 4.69) is 6.92 Å². The van der Waals surface area contributed by atoms with Crippen molar-refractivity contribution in [1.82, 2.24) is 0 Å². The van der Waals surface area contributed by atoms with Gasteiger partial charge in [-0.1, -0.05) is 6.92 Å². The summed E-state index contributed by atoms with van der Waals surface area (Å²) < 4.78 is 0. The van der Waals surface area contributed by atoms with Gasteiger partial charge in [0.15, 0.2) is 0 Å². The molecule has 1 heteroatoms. The van der Waals surface area contributed by atoms with Gasteiger partial charge in [0.1, 0.15) is 5.78 Å². The van der Waals surface area contributed by atoms with E-state index in [0.717, 1.165) is 18.3 Å². The van der Waals surface area contributed by atoms with Crippen LogP contribution in [0.15, 0.2) is 0 Å². The number of hydrogen-bond acceptors (Lipinski definition) is 1. The molecule has 60 valence electrons. The molecule has 3 aliphatic carbocycles. The zero-order valence-electron chi connectivity index (χ0n) is 6.97. The van der Waals surface area contributed by atoms with Crippen LogP contribution in [-0.2, 0) is 4.79 Å². The molecule has 0 radical (unpaired) electrons. The van der Waals surface area contributed by atoms with Gasteiger partial charge in [0, 0.05) is 12.3 Å². The minimum Gasteiger partial charge on any atom is -0.299 e. The number of carbonyl (C=O) groups is 1. The molecule has 2 bridgehead atoms. The fourth-order valence-corrected chi connectivity index (χ4v) is 3.91. The molecule has 0 amide bonds. The highest BCUT2D eigenvalue weighted by Crippen LogP contribution is 2.64. The third-order valence-electron chi connectivity index (χ3n) is 4.20. The number of hydrogen-bond donors (Lipinski definition) is 0. The zero-order valence-corrected chi connectivity index (χ0v) is 6.97. The van der Waals surface area contributed by atoms with Crippen LogP contribution < -0.4 is 0 Å². The van der Waals surface area contributed by atoms with Crippen LogP contribution in [0.1, 0.15) is 32.6 Å². The third kappa shape index (κ3) is 0.605. The molecule has 11 heavy (non-hydrogen) atoms. The van der Waals surface area contributed by atoms with Crippen LogP contribution >= 0.6 is 0 Å². The number of fused-ring (bicyclic) bond motifs is 1. The van der Waals surface area contributed by atoms with Gasteiger partial charge in [0.05, 0.1) is 0 Å². The summed E-state index contributed by atoms with van der Waals surface area (Å²) in [5, 5.41) is 0. The topological polar surface area (TPSA) is 17.1 Å². The molecule has 0 aliphatic heterocycles. The molecule has 3 aliphatic rings. The lowest BCUT2D eigenvalue weighted by atomic mass is 9.81. The van der Waals surface area contributed by atoms with Gasteiger partial charge in [-0.05, 0) is 36.5 Å². The lowest BCUT2D eigenvalue weighted by Crippen LogP contribution is -2.16. The van der Waals surface area contributed by atoms with E-state index >= 15 is 0 Å². The van der Waals surface area contributed by atoms with E-state index in [1.807, 2.05) is 0 Å². The standard InChI is InChI=1S/C10H14O/c1-10-3-6-2-9(11)8(5-10)7(6)4-10/h6-8H,2-5H2,1H3. The first kappa shape index (κ1) is 6.22. The Hall–Kier alpha value is -0.330. The molecule has 0 aromatic heterocycles. The van der Waals surface area contributed by atoms with Crippen LogP contribution in [0.3, 0.4) is 0 Å². The first-order valence-corrected chi connectivity index (χ1v) is 4.71. The first-order chi connectivity index (χ1) is 5.18. The summed E-state index contributed by atoms with van der Waals surface area (Å²) in [6, 6.07) is 0. The first-order valence-electron chi connectivity index (χ1n) is 4.71. The second kappa shape index (κ2) is 1.55. The maximum atomic E-state index is 11.4. The van der Waals surface area contributed by atoms with Crippen LogP contribution in [0.2, 0.25) is 0 Å². The van der Waals surface area contributed by atoms with E-state index in [0.29, 0.717) is 17.1 Å². The molecule has 0 aromatic rings. The average Bonchev–Trinajstić information content (AvgIpc) is 2.41. The largest absolute Gasteiger partial charge is 0.299 e. The molecule has 0 spiro atoms. The van der Waals surface area contributed by atoms with Crippen LogP contribution in [-0.4, -0.2) is 5.78 Å². The molecule has 3 rings (SSSR count). The Morgan fingerprint density at radius 2 is 2.18 bits per heavy atom. The summed E-state index contributed by atoms with van der Waals surface area (Å²) in [6.07, 6.45) is 4.84. The zero-order chi connectivity index (χ0) is 7.64. The summed E-state index contributed by atoms with van der Waals surface area (Å²) in [5.74, 6) is 2.69. The van der Waals surface area contributed by atoms with Gasteiger partial charge in [0.25, 0.3) is 0 Å². The van der Waals surface area contributed by atoms with Gasteiger partial charge >= 0.3 is 0 Å². The Labute approximate surface area is 67.2 Å². The molecule has 0 N–H and O–H groups in total. The van der Waals surface area contributed by atoms with Crippen LogP contribution in [0, 0.1) is 23.2 Å². The Morgan fingerprint density at radius 1 is 1.36 bits per heavy atom. The maximum absolute atomic E-state index is 11.4. The molecule has 4 atom stereocenters. The molecule has 1 nitrogen and oxygen atoms in total. The third-order valence-corrected chi connectivity index (χ3v) is 4.20. The minimum absolute atomic E-state index is 0.499. The van der Waals surface area contributed by atoms with Gasteiger partial charge in [0.2, 0.25) is 0 Å². The highest BCUT2D eigenvalue weighted by Gasteiger charge is 2.59. The van der Waals surface area contributed by atoms with Gasteiger partial charge in [-0.3, -0.25) is 4.79 Å². The average molecular weight is 150 g/mol. The number of carbonyl (C=O) groups excluding carboxylic acids is 1. The molecule has 0 heterocycles. The number of Topliss-reactive ketones (excluding diaryl/α,β-unsaturated/α-hetero) is 1. The van der Waals surface area contributed by atoms with Crippen molar-refractivity contribution >= 4 is 5.78 Å². The lowest BCUT2D eigenvalue weighted by molar-refractivity contribution is -0.121. The summed E-state index contributed by atoms with van der Waals surface area (Å²) in [4.78, 5) is 11.4. The summed E-state index contributed by atoms with van der Waals surface area (Å²) in [6.45, 7) is 2.37. The Balaban J connectivity index is 2.06. The van der Waals surface area contributed by atoms with E-state index < -0.39 is 0 Å². The molecule has 3 fully saturated rings. The van der Waals surface area contributed by atoms with Crippen LogP contribution in [0.4, 0.5) is 0 Å². The molecule has 0 saturated heterocycles. The van der Waals surface area contributed by atoms with Crippen molar-refractivity contribution < 1.29 is 4.79 Å². The highest BCUT2D eigenvalue weighted by molar-refractivity contribution is 5.85. The van der Waals surface area contributed by atoms with E-state index in [4.69, 9.17) is 0 Å². The molecule has 4 unspecified atom stereocenters. The lowest BCUT2D eigenvalue weighted by Gasteiger charge is -2.23. The van der Waals surface area contributed by atoms with Crippen molar-refractivity contribution in [2.24, 2.45) is 23.2 Å². The molecular weight excluding hydrogens is 136 g/mol. The normalized spacial score (nSPS) is 59.4. The second-order valence-corrected chi connectivity index (χ2v) is 5.12. The summed E-state index contributed by atoms with van der Waals surface area (Å²) in [5.41, 5.74) is 0.576. The molecular formula is C10H14O.